The molecule has 10 heavy (non-hydrogen) atoms. The van der Waals surface area contributed by atoms with E-state index in [2.05, 4.69) is 5.32 Å². The van der Waals surface area contributed by atoms with Gasteiger partial charge in [0.2, 0.25) is 5.78 Å². The summed E-state index contributed by atoms with van der Waals surface area (Å²) in [6.45, 7) is 4.53. The molecule has 1 rings (SSSR count). The van der Waals surface area contributed by atoms with E-state index in [0.717, 1.165) is 0 Å². The number of carbonyl (C=O) groups excluding carboxylic acids is 2. The van der Waals surface area contributed by atoms with Gasteiger partial charge in [0.1, 0.15) is 0 Å². The third-order valence-electron chi connectivity index (χ3n) is 1.62. The van der Waals surface area contributed by atoms with E-state index in [-0.39, 0.29) is 11.2 Å². The summed E-state index contributed by atoms with van der Waals surface area (Å²) in [5, 5.41) is 2.53. The smallest absolute Gasteiger partial charge is 0.287 e. The van der Waals surface area contributed by atoms with E-state index >= 15 is 0 Å². The summed E-state index contributed by atoms with van der Waals surface area (Å²) in [5.74, 6) is -0.726. The molecule has 0 radical (unpaired) electrons. The lowest BCUT2D eigenvalue weighted by Crippen LogP contribution is -2.45. The van der Waals surface area contributed by atoms with Crippen molar-refractivity contribution < 1.29 is 9.59 Å². The predicted molar refractivity (Wildman–Crippen MR) is 36.4 cm³/mol. The van der Waals surface area contributed by atoms with Gasteiger partial charge in [0.25, 0.3) is 5.91 Å². The normalized spacial score (nSPS) is 24.2. The summed E-state index contributed by atoms with van der Waals surface area (Å²) in [6.07, 6.45) is 0.374. The number of nitrogens with one attached hydrogen (secondary N) is 1. The minimum atomic E-state index is -0.431. The van der Waals surface area contributed by atoms with E-state index in [4.69, 9.17) is 0 Å². The second-order valence-electron chi connectivity index (χ2n) is 3.45. The Hall–Kier alpha value is -0.860. The van der Waals surface area contributed by atoms with E-state index in [1.54, 1.807) is 0 Å². The number of hydrogen-bond donors (Lipinski definition) is 1. The molecule has 3 heteroatoms. The molecule has 0 atom stereocenters. The van der Waals surface area contributed by atoms with E-state index < -0.39 is 5.91 Å². The standard InChI is InChI=1S/C7H11NO2/c1-7(2)3-5(9)6(10)8-4-7/h3-4H2,1-2H3,(H,8,10). The molecule has 0 aromatic carbocycles. The zero-order chi connectivity index (χ0) is 7.78. The van der Waals surface area contributed by atoms with Crippen LogP contribution >= 0.6 is 0 Å². The van der Waals surface area contributed by atoms with E-state index in [0.29, 0.717) is 13.0 Å². The van der Waals surface area contributed by atoms with Crippen molar-refractivity contribution >= 4 is 11.7 Å². The van der Waals surface area contributed by atoms with E-state index in [1.165, 1.54) is 0 Å². The van der Waals surface area contributed by atoms with Crippen LogP contribution < -0.4 is 5.32 Å². The first-order valence-corrected chi connectivity index (χ1v) is 3.32. The Morgan fingerprint density at radius 1 is 1.40 bits per heavy atom. The SMILES string of the molecule is CC1(C)CNC(=O)C(=O)C1. The first kappa shape index (κ1) is 7.25. The molecule has 1 heterocycles. The fourth-order valence-corrected chi connectivity index (χ4v) is 0.996. The number of amides is 1. The first-order chi connectivity index (χ1) is 4.51. The number of rotatable bonds is 0. The zero-order valence-corrected chi connectivity index (χ0v) is 6.23. The van der Waals surface area contributed by atoms with Crippen LogP contribution in [0.4, 0.5) is 0 Å². The molecule has 1 N–H and O–H groups in total. The molecule has 0 unspecified atom stereocenters. The lowest BCUT2D eigenvalue weighted by atomic mass is 9.84. The zero-order valence-electron chi connectivity index (χ0n) is 6.23. The van der Waals surface area contributed by atoms with Crippen LogP contribution in [0.1, 0.15) is 20.3 Å². The highest BCUT2D eigenvalue weighted by Crippen LogP contribution is 2.21. The third kappa shape index (κ3) is 1.35. The largest absolute Gasteiger partial charge is 0.349 e. The van der Waals surface area contributed by atoms with Crippen LogP contribution in [0.25, 0.3) is 0 Å². The molecule has 1 amide bonds. The molecule has 0 aromatic heterocycles. The summed E-state index contributed by atoms with van der Waals surface area (Å²) in [7, 11) is 0. The molecule has 0 aliphatic carbocycles. The van der Waals surface area contributed by atoms with Gasteiger partial charge in [0.15, 0.2) is 0 Å². The van der Waals surface area contributed by atoms with Gasteiger partial charge in [-0.05, 0) is 5.41 Å². The summed E-state index contributed by atoms with van der Waals surface area (Å²) < 4.78 is 0. The molecule has 1 fully saturated rings. The average Bonchev–Trinajstić information content (AvgIpc) is 1.79. The van der Waals surface area contributed by atoms with E-state index in [1.807, 2.05) is 13.8 Å². The van der Waals surface area contributed by atoms with Crippen molar-refractivity contribution in [2.24, 2.45) is 5.41 Å². The Bertz CT molecular complexity index is 184. The molecule has 1 aliphatic heterocycles. The van der Waals surface area contributed by atoms with Gasteiger partial charge in [-0.25, -0.2) is 0 Å². The number of ketones is 1. The topological polar surface area (TPSA) is 46.2 Å². The van der Waals surface area contributed by atoms with Crippen LogP contribution in [0.3, 0.4) is 0 Å². The van der Waals surface area contributed by atoms with Crippen molar-refractivity contribution in [3.8, 4) is 0 Å². The minimum Gasteiger partial charge on any atom is -0.349 e. The van der Waals surface area contributed by atoms with Crippen molar-refractivity contribution in [2.45, 2.75) is 20.3 Å². The Kier molecular flexibility index (Phi) is 1.50. The van der Waals surface area contributed by atoms with Crippen LogP contribution in [0, 0.1) is 5.41 Å². The second-order valence-corrected chi connectivity index (χ2v) is 3.45. The van der Waals surface area contributed by atoms with Gasteiger partial charge >= 0.3 is 0 Å². The van der Waals surface area contributed by atoms with Crippen molar-refractivity contribution in [3.63, 3.8) is 0 Å². The number of piperidine rings is 1. The first-order valence-electron chi connectivity index (χ1n) is 3.32. The number of carbonyl (C=O) groups is 2. The van der Waals surface area contributed by atoms with Crippen molar-refractivity contribution in [3.05, 3.63) is 0 Å². The molecule has 1 aliphatic rings. The lowest BCUT2D eigenvalue weighted by molar-refractivity contribution is -0.141. The van der Waals surface area contributed by atoms with Crippen LogP contribution in [0.15, 0.2) is 0 Å². The van der Waals surface area contributed by atoms with Crippen LogP contribution in [0.5, 0.6) is 0 Å². The van der Waals surface area contributed by atoms with Crippen LogP contribution in [0.2, 0.25) is 0 Å². The van der Waals surface area contributed by atoms with Crippen LogP contribution in [-0.4, -0.2) is 18.2 Å². The van der Waals surface area contributed by atoms with Gasteiger partial charge in [-0.2, -0.15) is 0 Å². The molecule has 0 aromatic rings. The maximum atomic E-state index is 10.8. The molecular formula is C7H11NO2. The lowest BCUT2D eigenvalue weighted by Gasteiger charge is -2.27. The van der Waals surface area contributed by atoms with Gasteiger partial charge in [-0.1, -0.05) is 13.8 Å². The summed E-state index contributed by atoms with van der Waals surface area (Å²) >= 11 is 0. The van der Waals surface area contributed by atoms with Gasteiger partial charge in [-0.3, -0.25) is 9.59 Å². The van der Waals surface area contributed by atoms with Gasteiger partial charge < -0.3 is 5.32 Å². The molecular weight excluding hydrogens is 130 g/mol. The predicted octanol–water partition coefficient (Wildman–Crippen LogP) is 0.102. The highest BCUT2D eigenvalue weighted by Gasteiger charge is 2.31. The highest BCUT2D eigenvalue weighted by molar-refractivity contribution is 6.36. The quantitative estimate of drug-likeness (QED) is 0.486. The molecule has 0 spiro atoms. The second kappa shape index (κ2) is 2.08. The van der Waals surface area contributed by atoms with Crippen molar-refractivity contribution in [2.75, 3.05) is 6.54 Å². The minimum absolute atomic E-state index is 0.0506. The molecule has 3 nitrogen and oxygen atoms in total. The summed E-state index contributed by atoms with van der Waals surface area (Å²) in [6, 6.07) is 0. The Balaban J connectivity index is 2.66. The van der Waals surface area contributed by atoms with Gasteiger partial charge in [-0.15, -0.1) is 0 Å². The van der Waals surface area contributed by atoms with Crippen LogP contribution in [-0.2, 0) is 9.59 Å². The van der Waals surface area contributed by atoms with Gasteiger partial charge in [0.05, 0.1) is 0 Å². The molecule has 0 saturated carbocycles. The summed E-state index contributed by atoms with van der Waals surface area (Å²) in [5.41, 5.74) is -0.0506. The Morgan fingerprint density at radius 3 is 2.40 bits per heavy atom. The Morgan fingerprint density at radius 2 is 2.00 bits per heavy atom. The van der Waals surface area contributed by atoms with E-state index in [9.17, 15) is 9.59 Å². The van der Waals surface area contributed by atoms with Crippen molar-refractivity contribution in [1.29, 1.82) is 0 Å². The highest BCUT2D eigenvalue weighted by atomic mass is 16.2. The summed E-state index contributed by atoms with van der Waals surface area (Å²) in [4.78, 5) is 21.4. The third-order valence-corrected chi connectivity index (χ3v) is 1.62. The Labute approximate surface area is 59.8 Å². The maximum absolute atomic E-state index is 10.8. The van der Waals surface area contributed by atoms with Crippen molar-refractivity contribution in [1.82, 2.24) is 5.32 Å². The maximum Gasteiger partial charge on any atom is 0.287 e. The molecule has 0 bridgehead atoms. The fraction of sp³-hybridized carbons (Fsp3) is 0.714. The fourth-order valence-electron chi connectivity index (χ4n) is 0.996. The average molecular weight is 141 g/mol. The van der Waals surface area contributed by atoms with Gasteiger partial charge in [0, 0.05) is 13.0 Å². The molecule has 1 saturated heterocycles. The molecule has 56 valence electrons. The monoisotopic (exact) mass is 141 g/mol. The number of Topliss-reactive ketones (excluding diaryl/α,β-unsaturated/α-hetero) is 1. The number of hydrogen-bond acceptors (Lipinski definition) is 2.